The first-order valence-corrected chi connectivity index (χ1v) is 8.88. The lowest BCUT2D eigenvalue weighted by Gasteiger charge is -2.38. The van der Waals surface area contributed by atoms with Crippen LogP contribution >= 0.6 is 11.6 Å². The van der Waals surface area contributed by atoms with Crippen LogP contribution in [0.1, 0.15) is 22.0 Å². The molecule has 1 aliphatic heterocycles. The summed E-state index contributed by atoms with van der Waals surface area (Å²) in [5.74, 6) is -0.0893. The maximum atomic E-state index is 12.4. The Hall–Kier alpha value is -1.95. The average molecular weight is 359 g/mol. The van der Waals surface area contributed by atoms with E-state index in [2.05, 4.69) is 27.1 Å². The Labute approximate surface area is 153 Å². The largest absolute Gasteiger partial charge is 0.350 e. The van der Waals surface area contributed by atoms with E-state index in [4.69, 9.17) is 11.6 Å². The lowest BCUT2D eigenvalue weighted by molar-refractivity contribution is 0.0886. The van der Waals surface area contributed by atoms with Crippen molar-refractivity contribution >= 4 is 17.5 Å². The molecule has 1 atom stereocenters. The van der Waals surface area contributed by atoms with E-state index in [0.29, 0.717) is 12.1 Å². The lowest BCUT2D eigenvalue weighted by atomic mass is 10.0. The molecule has 0 spiro atoms. The second-order valence-corrected chi connectivity index (χ2v) is 6.73. The molecule has 2 heterocycles. The first-order chi connectivity index (χ1) is 12.1. The number of halogens is 1. The van der Waals surface area contributed by atoms with E-state index >= 15 is 0 Å². The molecule has 1 fully saturated rings. The molecule has 1 aromatic carbocycles. The molecule has 6 heteroatoms. The molecule has 1 aliphatic rings. The van der Waals surface area contributed by atoms with E-state index in [1.165, 1.54) is 0 Å². The number of carbonyl (C=O) groups is 1. The van der Waals surface area contributed by atoms with Crippen LogP contribution in [0, 0.1) is 0 Å². The van der Waals surface area contributed by atoms with Crippen molar-refractivity contribution in [1.82, 2.24) is 20.1 Å². The molecule has 2 aromatic rings. The Bertz CT molecular complexity index is 702. The third-order valence-electron chi connectivity index (χ3n) is 4.64. The van der Waals surface area contributed by atoms with Crippen LogP contribution in [-0.4, -0.2) is 60.5 Å². The quantitative estimate of drug-likeness (QED) is 0.892. The van der Waals surface area contributed by atoms with E-state index < -0.39 is 0 Å². The average Bonchev–Trinajstić information content (AvgIpc) is 2.65. The second-order valence-electron chi connectivity index (χ2n) is 6.32. The van der Waals surface area contributed by atoms with Gasteiger partial charge in [-0.05, 0) is 30.8 Å². The highest BCUT2D eigenvalue weighted by molar-refractivity contribution is 6.31. The van der Waals surface area contributed by atoms with Crippen molar-refractivity contribution in [2.24, 2.45) is 0 Å². The van der Waals surface area contributed by atoms with E-state index in [1.807, 2.05) is 24.3 Å². The number of nitrogens with zero attached hydrogens (tertiary/aromatic N) is 3. The fraction of sp³-hybridized carbons (Fsp3) is 0.368. The first-order valence-electron chi connectivity index (χ1n) is 8.50. The SMILES string of the molecule is CN1CCN(C(CNC(=O)c2ccncc2)c2ccccc2Cl)CC1. The molecule has 3 rings (SSSR count). The fourth-order valence-electron chi connectivity index (χ4n) is 3.11. The maximum Gasteiger partial charge on any atom is 0.251 e. The molecule has 0 radical (unpaired) electrons. The van der Waals surface area contributed by atoms with Gasteiger partial charge in [-0.1, -0.05) is 29.8 Å². The van der Waals surface area contributed by atoms with Crippen LogP contribution in [0.2, 0.25) is 5.02 Å². The summed E-state index contributed by atoms with van der Waals surface area (Å²) in [6.45, 7) is 4.46. The number of aromatic nitrogens is 1. The molecular weight excluding hydrogens is 336 g/mol. The number of nitrogens with one attached hydrogen (secondary N) is 1. The molecule has 1 saturated heterocycles. The predicted octanol–water partition coefficient (Wildman–Crippen LogP) is 2.45. The fourth-order valence-corrected chi connectivity index (χ4v) is 3.37. The van der Waals surface area contributed by atoms with E-state index in [9.17, 15) is 4.79 Å². The molecule has 0 aliphatic carbocycles. The molecule has 1 N–H and O–H groups in total. The zero-order valence-electron chi connectivity index (χ0n) is 14.4. The van der Waals surface area contributed by atoms with Gasteiger partial charge in [0.2, 0.25) is 0 Å². The smallest absolute Gasteiger partial charge is 0.251 e. The van der Waals surface area contributed by atoms with Crippen LogP contribution in [0.15, 0.2) is 48.8 Å². The van der Waals surface area contributed by atoms with Gasteiger partial charge in [-0.25, -0.2) is 0 Å². The maximum absolute atomic E-state index is 12.4. The Morgan fingerprint density at radius 1 is 1.16 bits per heavy atom. The number of hydrogen-bond donors (Lipinski definition) is 1. The Morgan fingerprint density at radius 2 is 1.84 bits per heavy atom. The lowest BCUT2D eigenvalue weighted by Crippen LogP contribution is -2.48. The van der Waals surface area contributed by atoms with Crippen LogP contribution in [0.4, 0.5) is 0 Å². The van der Waals surface area contributed by atoms with Gasteiger partial charge in [0.25, 0.3) is 5.91 Å². The molecular formula is C19H23ClN4O. The minimum atomic E-state index is -0.0893. The molecule has 132 valence electrons. The van der Waals surface area contributed by atoms with Gasteiger partial charge < -0.3 is 10.2 Å². The zero-order valence-corrected chi connectivity index (χ0v) is 15.1. The van der Waals surface area contributed by atoms with Crippen molar-refractivity contribution in [2.45, 2.75) is 6.04 Å². The number of likely N-dealkylation sites (N-methyl/N-ethyl adjacent to an activating group) is 1. The van der Waals surface area contributed by atoms with Crippen molar-refractivity contribution in [3.05, 3.63) is 64.9 Å². The Morgan fingerprint density at radius 3 is 2.52 bits per heavy atom. The predicted molar refractivity (Wildman–Crippen MR) is 99.8 cm³/mol. The summed E-state index contributed by atoms with van der Waals surface area (Å²) in [5.41, 5.74) is 1.68. The number of rotatable bonds is 5. The molecule has 0 bridgehead atoms. The normalized spacial score (nSPS) is 17.2. The summed E-state index contributed by atoms with van der Waals surface area (Å²) < 4.78 is 0. The number of piperazine rings is 1. The van der Waals surface area contributed by atoms with Crippen LogP contribution in [0.3, 0.4) is 0 Å². The van der Waals surface area contributed by atoms with E-state index in [1.54, 1.807) is 24.5 Å². The highest BCUT2D eigenvalue weighted by Gasteiger charge is 2.25. The highest BCUT2D eigenvalue weighted by atomic mass is 35.5. The van der Waals surface area contributed by atoms with Gasteiger partial charge in [0, 0.05) is 55.7 Å². The van der Waals surface area contributed by atoms with Crippen LogP contribution in [0.25, 0.3) is 0 Å². The number of pyridine rings is 1. The van der Waals surface area contributed by atoms with Gasteiger partial charge in [0.05, 0.1) is 6.04 Å². The standard InChI is InChI=1S/C19H23ClN4O/c1-23-10-12-24(13-11-23)18(16-4-2-3-5-17(16)20)14-22-19(25)15-6-8-21-9-7-15/h2-9,18H,10-14H2,1H3,(H,22,25). The third kappa shape index (κ3) is 4.57. The van der Waals surface area contributed by atoms with Crippen molar-refractivity contribution in [2.75, 3.05) is 39.8 Å². The topological polar surface area (TPSA) is 48.5 Å². The number of benzene rings is 1. The minimum Gasteiger partial charge on any atom is -0.350 e. The Kier molecular flexibility index (Phi) is 6.02. The van der Waals surface area contributed by atoms with Crippen LogP contribution < -0.4 is 5.32 Å². The second kappa shape index (κ2) is 8.43. The minimum absolute atomic E-state index is 0.0631. The van der Waals surface area contributed by atoms with Gasteiger partial charge in [-0.3, -0.25) is 14.7 Å². The molecule has 5 nitrogen and oxygen atoms in total. The van der Waals surface area contributed by atoms with Gasteiger partial charge in [0.15, 0.2) is 0 Å². The Balaban J connectivity index is 1.75. The van der Waals surface area contributed by atoms with Crippen molar-refractivity contribution in [1.29, 1.82) is 0 Å². The summed E-state index contributed by atoms with van der Waals surface area (Å²) >= 11 is 6.44. The number of hydrogen-bond acceptors (Lipinski definition) is 4. The van der Waals surface area contributed by atoms with E-state index in [0.717, 1.165) is 36.8 Å². The van der Waals surface area contributed by atoms with Gasteiger partial charge in [-0.2, -0.15) is 0 Å². The van der Waals surface area contributed by atoms with Gasteiger partial charge in [-0.15, -0.1) is 0 Å². The molecule has 1 unspecified atom stereocenters. The van der Waals surface area contributed by atoms with Gasteiger partial charge in [0.1, 0.15) is 0 Å². The summed E-state index contributed by atoms with van der Waals surface area (Å²) in [7, 11) is 2.13. The molecule has 25 heavy (non-hydrogen) atoms. The summed E-state index contributed by atoms with van der Waals surface area (Å²) in [6, 6.07) is 11.4. The molecule has 0 saturated carbocycles. The third-order valence-corrected chi connectivity index (χ3v) is 4.99. The van der Waals surface area contributed by atoms with Gasteiger partial charge >= 0.3 is 0 Å². The molecule has 1 aromatic heterocycles. The number of amides is 1. The summed E-state index contributed by atoms with van der Waals surface area (Å²) in [4.78, 5) is 21.1. The van der Waals surface area contributed by atoms with Crippen LogP contribution in [-0.2, 0) is 0 Å². The summed E-state index contributed by atoms with van der Waals surface area (Å²) in [5, 5.41) is 3.79. The van der Waals surface area contributed by atoms with Crippen molar-refractivity contribution in [3.8, 4) is 0 Å². The van der Waals surface area contributed by atoms with Crippen molar-refractivity contribution < 1.29 is 4.79 Å². The van der Waals surface area contributed by atoms with E-state index in [-0.39, 0.29) is 11.9 Å². The molecule has 1 amide bonds. The summed E-state index contributed by atoms with van der Waals surface area (Å²) in [6.07, 6.45) is 3.25. The zero-order chi connectivity index (χ0) is 17.6. The highest BCUT2D eigenvalue weighted by Crippen LogP contribution is 2.28. The first kappa shape index (κ1) is 17.9. The number of carbonyl (C=O) groups excluding carboxylic acids is 1. The monoisotopic (exact) mass is 358 g/mol. The van der Waals surface area contributed by atoms with Crippen molar-refractivity contribution in [3.63, 3.8) is 0 Å². The van der Waals surface area contributed by atoms with Crippen LogP contribution in [0.5, 0.6) is 0 Å².